The van der Waals surface area contributed by atoms with E-state index in [9.17, 15) is 9.59 Å². The number of hydrogen-bond acceptors (Lipinski definition) is 13. The number of hydrogen-bond donors (Lipinski definition) is 0. The lowest BCUT2D eigenvalue weighted by Gasteiger charge is -2.47. The Balaban J connectivity index is 1.14. The molecule has 0 unspecified atom stereocenters. The minimum atomic E-state index is -1.28. The van der Waals surface area contributed by atoms with Crippen LogP contribution in [0.4, 0.5) is 0 Å². The van der Waals surface area contributed by atoms with Crippen LogP contribution in [-0.4, -0.2) is 93.7 Å². The molecule has 0 spiro atoms. The molecule has 0 aromatic heterocycles. The van der Waals surface area contributed by atoms with Crippen LogP contribution in [0, 0.1) is 0 Å². The lowest BCUT2D eigenvalue weighted by Crippen LogP contribution is -2.64. The van der Waals surface area contributed by atoms with E-state index >= 15 is 0 Å². The van der Waals surface area contributed by atoms with Gasteiger partial charge in [-0.2, -0.15) is 0 Å². The van der Waals surface area contributed by atoms with Gasteiger partial charge in [0.05, 0.1) is 51.8 Å². The Morgan fingerprint density at radius 2 is 0.786 bits per heavy atom. The molecular weight excluding hydrogens is 893 g/mol. The lowest BCUT2D eigenvalue weighted by molar-refractivity contribution is -0.343. The van der Waals surface area contributed by atoms with Gasteiger partial charge in [-0.1, -0.05) is 170 Å². The van der Waals surface area contributed by atoms with E-state index in [-0.39, 0.29) is 39.6 Å². The Labute approximate surface area is 409 Å². The van der Waals surface area contributed by atoms with Gasteiger partial charge in [0.25, 0.3) is 0 Å². The molecule has 0 N–H and O–H groups in total. The van der Waals surface area contributed by atoms with Gasteiger partial charge in [-0.05, 0) is 39.9 Å². The Morgan fingerprint density at radius 3 is 1.24 bits per heavy atom. The first-order chi connectivity index (χ1) is 34.4. The number of rotatable bonds is 23. The van der Waals surface area contributed by atoms with E-state index in [0.717, 1.165) is 27.8 Å². The second kappa shape index (κ2) is 26.2. The van der Waals surface area contributed by atoms with Gasteiger partial charge in [0.15, 0.2) is 24.8 Å². The summed E-state index contributed by atoms with van der Waals surface area (Å²) >= 11 is 0. The molecule has 6 aromatic carbocycles. The first-order valence-electron chi connectivity index (χ1n) is 23.5. The molecule has 2 aliphatic rings. The quantitative estimate of drug-likeness (QED) is 0.0567. The van der Waals surface area contributed by atoms with Gasteiger partial charge in [-0.25, -0.2) is 4.79 Å². The van der Waals surface area contributed by atoms with E-state index in [1.165, 1.54) is 14.0 Å². The Hall–Kier alpha value is -6.10. The van der Waals surface area contributed by atoms with Crippen LogP contribution in [0.25, 0.3) is 0 Å². The molecule has 10 atom stereocenters. The predicted molar refractivity (Wildman–Crippen MR) is 258 cm³/mol. The van der Waals surface area contributed by atoms with E-state index < -0.39 is 73.4 Å². The van der Waals surface area contributed by atoms with Crippen LogP contribution >= 0.6 is 0 Å². The number of esters is 2. The summed E-state index contributed by atoms with van der Waals surface area (Å²) in [5, 5.41) is 0. The molecule has 2 saturated heterocycles. The molecule has 13 nitrogen and oxygen atoms in total. The molecule has 2 heterocycles. The van der Waals surface area contributed by atoms with Gasteiger partial charge in [-0.15, -0.1) is 0 Å². The topological polar surface area (TPSA) is 136 Å². The fourth-order valence-electron chi connectivity index (χ4n) is 8.46. The maximum Gasteiger partial charge on any atom is 0.338 e. The molecule has 0 aliphatic carbocycles. The third-order valence-electron chi connectivity index (χ3n) is 11.9. The molecule has 0 amide bonds. The van der Waals surface area contributed by atoms with E-state index in [1.54, 1.807) is 24.3 Å². The van der Waals surface area contributed by atoms with Gasteiger partial charge in [0, 0.05) is 14.0 Å². The second-order valence-corrected chi connectivity index (χ2v) is 17.0. The molecule has 13 heteroatoms. The molecule has 6 aromatic rings. The lowest BCUT2D eigenvalue weighted by atomic mass is 9.97. The van der Waals surface area contributed by atoms with Crippen LogP contribution in [0.2, 0.25) is 0 Å². The molecule has 0 bridgehead atoms. The fraction of sp³-hybridized carbons (Fsp3) is 0.333. The van der Waals surface area contributed by atoms with Crippen LogP contribution in [0.15, 0.2) is 182 Å². The summed E-state index contributed by atoms with van der Waals surface area (Å²) in [6, 6.07) is 57.2. The molecular formula is C57H60O13. The molecule has 0 saturated carbocycles. The second-order valence-electron chi connectivity index (χ2n) is 17.0. The van der Waals surface area contributed by atoms with E-state index in [0.29, 0.717) is 12.2 Å². The van der Waals surface area contributed by atoms with Crippen molar-refractivity contribution in [3.05, 3.63) is 215 Å². The summed E-state index contributed by atoms with van der Waals surface area (Å²) in [5.74, 6) is -1.17. The molecule has 0 radical (unpaired) electrons. The monoisotopic (exact) mass is 952 g/mol. The van der Waals surface area contributed by atoms with Crippen molar-refractivity contribution in [3.8, 4) is 0 Å². The Morgan fingerprint density at radius 1 is 0.400 bits per heavy atom. The zero-order chi connectivity index (χ0) is 48.3. The van der Waals surface area contributed by atoms with Gasteiger partial charge < -0.3 is 52.1 Å². The summed E-state index contributed by atoms with van der Waals surface area (Å²) in [4.78, 5) is 27.2. The normalized spacial score (nSPS) is 24.4. The van der Waals surface area contributed by atoms with E-state index in [2.05, 4.69) is 0 Å². The molecule has 8 rings (SSSR count). The highest BCUT2D eigenvalue weighted by Crippen LogP contribution is 2.35. The number of methoxy groups -OCH3 is 1. The first kappa shape index (κ1) is 50.3. The van der Waals surface area contributed by atoms with Crippen LogP contribution in [-0.2, 0) is 89.9 Å². The minimum Gasteiger partial charge on any atom is -0.457 e. The standard InChI is InChI=1S/C57H60O13/c1-40(58)67-52-50(63-35-43-25-13-5-14-26-43)48(68-56(60-2)53(52)65-37-45-29-17-7-18-30-45)39-66-57-54(70-55(59)46-31-19-8-20-32-46)51(64-36-44-27-15-6-16-28-44)49(62-34-42-23-11-4-12-24-42)47(69-57)38-61-33-41-21-9-3-10-22-41/h3-32,47-54,56-57H,33-39H2,1-2H3/t47-,48-,49-,50-,51+,52+,53+,54+,56+,57+/m1/s1. The fourth-order valence-corrected chi connectivity index (χ4v) is 8.46. The summed E-state index contributed by atoms with van der Waals surface area (Å²) in [5.41, 5.74) is 4.86. The Kier molecular flexibility index (Phi) is 18.8. The summed E-state index contributed by atoms with van der Waals surface area (Å²) < 4.78 is 72.0. The summed E-state index contributed by atoms with van der Waals surface area (Å²) in [6.07, 6.45) is -9.98. The van der Waals surface area contributed by atoms with Crippen LogP contribution in [0.3, 0.4) is 0 Å². The highest BCUT2D eigenvalue weighted by molar-refractivity contribution is 5.89. The zero-order valence-corrected chi connectivity index (χ0v) is 39.4. The number of carbonyl (C=O) groups excluding carboxylic acids is 2. The predicted octanol–water partition coefficient (Wildman–Crippen LogP) is 8.81. The van der Waals surface area contributed by atoms with Crippen LogP contribution < -0.4 is 0 Å². The smallest absolute Gasteiger partial charge is 0.338 e. The van der Waals surface area contributed by atoms with Crippen molar-refractivity contribution in [2.24, 2.45) is 0 Å². The average molecular weight is 953 g/mol. The van der Waals surface area contributed by atoms with Crippen molar-refractivity contribution >= 4 is 11.9 Å². The van der Waals surface area contributed by atoms with Crippen molar-refractivity contribution < 1.29 is 61.7 Å². The highest BCUT2D eigenvalue weighted by Gasteiger charge is 2.53. The van der Waals surface area contributed by atoms with Crippen molar-refractivity contribution in [2.75, 3.05) is 20.3 Å². The third-order valence-corrected chi connectivity index (χ3v) is 11.9. The highest BCUT2D eigenvalue weighted by atomic mass is 16.8. The van der Waals surface area contributed by atoms with Gasteiger partial charge >= 0.3 is 11.9 Å². The van der Waals surface area contributed by atoms with E-state index in [4.69, 9.17) is 52.1 Å². The molecule has 366 valence electrons. The minimum absolute atomic E-state index is 0.0577. The summed E-state index contributed by atoms with van der Waals surface area (Å²) in [6.45, 7) is 2.12. The van der Waals surface area contributed by atoms with Crippen molar-refractivity contribution in [1.82, 2.24) is 0 Å². The third kappa shape index (κ3) is 14.3. The largest absolute Gasteiger partial charge is 0.457 e. The Bertz CT molecular complexity index is 2430. The van der Waals surface area contributed by atoms with Gasteiger partial charge in [0.1, 0.15) is 36.6 Å². The van der Waals surface area contributed by atoms with Crippen LogP contribution in [0.5, 0.6) is 0 Å². The van der Waals surface area contributed by atoms with Crippen molar-refractivity contribution in [2.45, 2.75) is 101 Å². The molecule has 70 heavy (non-hydrogen) atoms. The molecule has 2 fully saturated rings. The van der Waals surface area contributed by atoms with E-state index in [1.807, 2.05) is 158 Å². The average Bonchev–Trinajstić information content (AvgIpc) is 3.40. The number of ether oxygens (including phenoxy) is 11. The van der Waals surface area contributed by atoms with Gasteiger partial charge in [-0.3, -0.25) is 4.79 Å². The number of benzene rings is 6. The van der Waals surface area contributed by atoms with Crippen molar-refractivity contribution in [3.63, 3.8) is 0 Å². The maximum atomic E-state index is 14.2. The van der Waals surface area contributed by atoms with Gasteiger partial charge in [0.2, 0.25) is 0 Å². The van der Waals surface area contributed by atoms with Crippen molar-refractivity contribution in [1.29, 1.82) is 0 Å². The SMILES string of the molecule is CO[C@H]1O[C@H](CO[C@H]2O[C@H](COCc3ccccc3)[C@@H](OCc3ccccc3)[C@H](OCc3ccccc3)[C@@H]2OC(=O)c2ccccc2)[C@@H](OCc2ccccc2)[C@H](OC(C)=O)[C@@H]1OCc1ccccc1. The molecule has 2 aliphatic heterocycles. The zero-order valence-electron chi connectivity index (χ0n) is 39.4. The van der Waals surface area contributed by atoms with Crippen LogP contribution in [0.1, 0.15) is 45.1 Å². The maximum absolute atomic E-state index is 14.2. The summed E-state index contributed by atoms with van der Waals surface area (Å²) in [7, 11) is 1.49. The first-order valence-corrected chi connectivity index (χ1v) is 23.5. The number of carbonyl (C=O) groups is 2.